The largest absolute Gasteiger partial charge is 0.494 e. The molecule has 6 heteroatoms. The zero-order chi connectivity index (χ0) is 18.2. The molecule has 0 aliphatic carbocycles. The molecule has 5 nitrogen and oxygen atoms in total. The third-order valence-corrected chi connectivity index (χ3v) is 4.13. The average Bonchev–Trinajstić information content (AvgIpc) is 2.61. The first-order chi connectivity index (χ1) is 12.0. The predicted molar refractivity (Wildman–Crippen MR) is 103 cm³/mol. The zero-order valence-corrected chi connectivity index (χ0v) is 15.9. The molecular formula is C19H21BrN2O3. The van der Waals surface area contributed by atoms with Crippen molar-refractivity contribution in [2.75, 3.05) is 17.7 Å². The minimum Gasteiger partial charge on any atom is -0.494 e. The summed E-state index contributed by atoms with van der Waals surface area (Å²) in [5.74, 6) is 0.236. The minimum absolute atomic E-state index is 0.0493. The van der Waals surface area contributed by atoms with E-state index in [0.717, 1.165) is 17.3 Å². The SMILES string of the molecule is CCCCC(=O)Nc1ccc(NC(=O)c2ccc(Br)cc2)cc1OC. The Kier molecular flexibility index (Phi) is 7.01. The fraction of sp³-hybridized carbons (Fsp3) is 0.263. The Labute approximate surface area is 155 Å². The van der Waals surface area contributed by atoms with Crippen molar-refractivity contribution >= 4 is 39.1 Å². The summed E-state index contributed by atoms with van der Waals surface area (Å²) in [5.41, 5.74) is 1.74. The van der Waals surface area contributed by atoms with E-state index in [1.165, 1.54) is 7.11 Å². The maximum atomic E-state index is 12.3. The number of amides is 2. The molecule has 0 saturated carbocycles. The number of carbonyl (C=O) groups excluding carboxylic acids is 2. The van der Waals surface area contributed by atoms with Crippen molar-refractivity contribution in [2.24, 2.45) is 0 Å². The highest BCUT2D eigenvalue weighted by atomic mass is 79.9. The molecule has 0 unspecified atom stereocenters. The van der Waals surface area contributed by atoms with Gasteiger partial charge in [0.05, 0.1) is 12.8 Å². The lowest BCUT2D eigenvalue weighted by atomic mass is 10.2. The standard InChI is InChI=1S/C19H21BrN2O3/c1-3-4-5-18(23)22-16-11-10-15(12-17(16)25-2)21-19(24)13-6-8-14(20)9-7-13/h6-12H,3-5H2,1-2H3,(H,21,24)(H,22,23). The van der Waals surface area contributed by atoms with Gasteiger partial charge in [0.1, 0.15) is 5.75 Å². The highest BCUT2D eigenvalue weighted by Gasteiger charge is 2.11. The van der Waals surface area contributed by atoms with Crippen LogP contribution in [0.25, 0.3) is 0 Å². The normalized spacial score (nSPS) is 10.2. The van der Waals surface area contributed by atoms with Crippen molar-refractivity contribution in [2.45, 2.75) is 26.2 Å². The van der Waals surface area contributed by atoms with Crippen molar-refractivity contribution in [3.63, 3.8) is 0 Å². The lowest BCUT2D eigenvalue weighted by Crippen LogP contribution is -2.13. The topological polar surface area (TPSA) is 67.4 Å². The number of anilines is 2. The molecule has 0 spiro atoms. The van der Waals surface area contributed by atoms with E-state index in [2.05, 4.69) is 26.6 Å². The van der Waals surface area contributed by atoms with Crippen LogP contribution in [0.2, 0.25) is 0 Å². The van der Waals surface area contributed by atoms with Crippen LogP contribution in [0.1, 0.15) is 36.5 Å². The molecule has 0 saturated heterocycles. The van der Waals surface area contributed by atoms with Gasteiger partial charge in [0.2, 0.25) is 5.91 Å². The van der Waals surface area contributed by atoms with Gasteiger partial charge in [-0.05, 0) is 42.8 Å². The van der Waals surface area contributed by atoms with E-state index in [9.17, 15) is 9.59 Å². The van der Waals surface area contributed by atoms with E-state index < -0.39 is 0 Å². The first-order valence-corrected chi connectivity index (χ1v) is 8.87. The molecule has 0 bridgehead atoms. The van der Waals surface area contributed by atoms with Crippen molar-refractivity contribution in [1.29, 1.82) is 0 Å². The molecule has 0 radical (unpaired) electrons. The molecule has 25 heavy (non-hydrogen) atoms. The van der Waals surface area contributed by atoms with Crippen molar-refractivity contribution in [3.8, 4) is 5.75 Å². The molecule has 0 aliphatic rings. The van der Waals surface area contributed by atoms with E-state index >= 15 is 0 Å². The summed E-state index contributed by atoms with van der Waals surface area (Å²) < 4.78 is 6.23. The van der Waals surface area contributed by atoms with E-state index in [1.54, 1.807) is 30.3 Å². The van der Waals surface area contributed by atoms with Crippen LogP contribution in [0.3, 0.4) is 0 Å². The van der Waals surface area contributed by atoms with Crippen LogP contribution in [0.5, 0.6) is 5.75 Å². The van der Waals surface area contributed by atoms with Gasteiger partial charge in [-0.2, -0.15) is 0 Å². The molecule has 0 aliphatic heterocycles. The Balaban J connectivity index is 2.08. The van der Waals surface area contributed by atoms with Crippen molar-refractivity contribution in [1.82, 2.24) is 0 Å². The molecule has 0 heterocycles. The van der Waals surface area contributed by atoms with E-state index in [1.807, 2.05) is 19.1 Å². The quantitative estimate of drug-likeness (QED) is 0.693. The van der Waals surface area contributed by atoms with Crippen LogP contribution >= 0.6 is 15.9 Å². The van der Waals surface area contributed by atoms with E-state index in [4.69, 9.17) is 4.74 Å². The molecule has 2 amide bonds. The number of rotatable bonds is 7. The average molecular weight is 405 g/mol. The minimum atomic E-state index is -0.214. The van der Waals surface area contributed by atoms with Gasteiger partial charge in [0.15, 0.2) is 0 Å². The zero-order valence-electron chi connectivity index (χ0n) is 14.3. The second-order valence-corrected chi connectivity index (χ2v) is 6.44. The molecule has 2 rings (SSSR count). The molecule has 0 fully saturated rings. The number of nitrogens with one attached hydrogen (secondary N) is 2. The van der Waals surface area contributed by atoms with Gasteiger partial charge in [0.25, 0.3) is 5.91 Å². The van der Waals surface area contributed by atoms with Crippen LogP contribution in [0, 0.1) is 0 Å². The van der Waals surface area contributed by atoms with Crippen molar-refractivity contribution in [3.05, 3.63) is 52.5 Å². The molecule has 0 atom stereocenters. The molecule has 0 aromatic heterocycles. The Morgan fingerprint density at radius 3 is 2.44 bits per heavy atom. The molecule has 132 valence electrons. The van der Waals surface area contributed by atoms with Crippen LogP contribution in [-0.2, 0) is 4.79 Å². The van der Waals surface area contributed by atoms with Gasteiger partial charge < -0.3 is 15.4 Å². The number of hydrogen-bond donors (Lipinski definition) is 2. The smallest absolute Gasteiger partial charge is 0.255 e. The third kappa shape index (κ3) is 5.60. The summed E-state index contributed by atoms with van der Waals surface area (Å²) in [4.78, 5) is 24.1. The predicted octanol–water partition coefficient (Wildman–Crippen LogP) is 4.84. The third-order valence-electron chi connectivity index (χ3n) is 3.60. The first-order valence-electron chi connectivity index (χ1n) is 8.08. The number of unbranched alkanes of at least 4 members (excludes halogenated alkanes) is 1. The fourth-order valence-corrected chi connectivity index (χ4v) is 2.49. The molecule has 2 aromatic rings. The van der Waals surface area contributed by atoms with Gasteiger partial charge >= 0.3 is 0 Å². The maximum Gasteiger partial charge on any atom is 0.255 e. The lowest BCUT2D eigenvalue weighted by molar-refractivity contribution is -0.116. The van der Waals surface area contributed by atoms with E-state index in [0.29, 0.717) is 29.1 Å². The summed E-state index contributed by atoms with van der Waals surface area (Å²) in [6, 6.07) is 12.2. The number of hydrogen-bond acceptors (Lipinski definition) is 3. The second-order valence-electron chi connectivity index (χ2n) is 5.53. The summed E-state index contributed by atoms with van der Waals surface area (Å²) in [6.07, 6.45) is 2.28. The van der Waals surface area contributed by atoms with Crippen LogP contribution in [0.15, 0.2) is 46.9 Å². The Morgan fingerprint density at radius 2 is 1.80 bits per heavy atom. The van der Waals surface area contributed by atoms with Gasteiger partial charge in [-0.1, -0.05) is 29.3 Å². The number of ether oxygens (including phenoxy) is 1. The monoisotopic (exact) mass is 404 g/mol. The number of methoxy groups -OCH3 is 1. The Hall–Kier alpha value is -2.34. The lowest BCUT2D eigenvalue weighted by Gasteiger charge is -2.13. The first kappa shape index (κ1) is 19.0. The van der Waals surface area contributed by atoms with E-state index in [-0.39, 0.29) is 11.8 Å². The molecule has 2 N–H and O–H groups in total. The molecular weight excluding hydrogens is 384 g/mol. The maximum absolute atomic E-state index is 12.3. The Morgan fingerprint density at radius 1 is 1.08 bits per heavy atom. The Bertz CT molecular complexity index is 745. The van der Waals surface area contributed by atoms with Gasteiger partial charge in [-0.25, -0.2) is 0 Å². The number of benzene rings is 2. The number of carbonyl (C=O) groups is 2. The second kappa shape index (κ2) is 9.22. The molecule has 2 aromatic carbocycles. The van der Waals surface area contributed by atoms with Gasteiger partial charge in [0, 0.05) is 28.2 Å². The van der Waals surface area contributed by atoms with Crippen LogP contribution in [0.4, 0.5) is 11.4 Å². The van der Waals surface area contributed by atoms with Crippen molar-refractivity contribution < 1.29 is 14.3 Å². The number of halogens is 1. The fourth-order valence-electron chi connectivity index (χ4n) is 2.23. The summed E-state index contributed by atoms with van der Waals surface area (Å²) in [5, 5.41) is 5.65. The summed E-state index contributed by atoms with van der Waals surface area (Å²) in [7, 11) is 1.53. The van der Waals surface area contributed by atoms with Crippen LogP contribution < -0.4 is 15.4 Å². The highest BCUT2D eigenvalue weighted by molar-refractivity contribution is 9.10. The summed E-state index contributed by atoms with van der Waals surface area (Å²) in [6.45, 7) is 2.04. The summed E-state index contributed by atoms with van der Waals surface area (Å²) >= 11 is 3.34. The van der Waals surface area contributed by atoms with Gasteiger partial charge in [-0.3, -0.25) is 9.59 Å². The highest BCUT2D eigenvalue weighted by Crippen LogP contribution is 2.28. The van der Waals surface area contributed by atoms with Crippen LogP contribution in [-0.4, -0.2) is 18.9 Å². The van der Waals surface area contributed by atoms with Gasteiger partial charge in [-0.15, -0.1) is 0 Å².